The van der Waals surface area contributed by atoms with Crippen LogP contribution in [0.1, 0.15) is 31.2 Å². The number of nitrogens with zero attached hydrogens (tertiary/aromatic N) is 2. The molecule has 6 nitrogen and oxygen atoms in total. The summed E-state index contributed by atoms with van der Waals surface area (Å²) in [6.45, 7) is 0.520. The maximum Gasteiger partial charge on any atom is 0.266 e. The van der Waals surface area contributed by atoms with Crippen molar-refractivity contribution in [2.24, 2.45) is 5.41 Å². The molecule has 0 amide bonds. The van der Waals surface area contributed by atoms with Gasteiger partial charge in [-0.2, -0.15) is 5.26 Å². The van der Waals surface area contributed by atoms with Crippen LogP contribution in [0.5, 0.6) is 0 Å². The largest absolute Gasteiger partial charge is 0.396 e. The van der Waals surface area contributed by atoms with Gasteiger partial charge >= 0.3 is 0 Å². The van der Waals surface area contributed by atoms with E-state index in [9.17, 15) is 14.7 Å². The third-order valence-corrected chi connectivity index (χ3v) is 4.61. The number of nitrogens with one attached hydrogen (secondary N) is 1. The molecule has 2 heterocycles. The molecule has 0 aliphatic heterocycles. The van der Waals surface area contributed by atoms with E-state index in [2.05, 4.69) is 4.98 Å². The molecule has 2 N–H and O–H groups in total. The minimum Gasteiger partial charge on any atom is -0.396 e. The Morgan fingerprint density at radius 3 is 2.73 bits per heavy atom. The Labute approximate surface area is 126 Å². The van der Waals surface area contributed by atoms with E-state index in [-0.39, 0.29) is 23.1 Å². The third-order valence-electron chi connectivity index (χ3n) is 4.61. The molecule has 0 radical (unpaired) electrons. The zero-order valence-electron chi connectivity index (χ0n) is 12.1. The van der Waals surface area contributed by atoms with Crippen molar-refractivity contribution in [3.05, 3.63) is 44.6 Å². The Bertz CT molecular complexity index is 867. The molecule has 0 spiro atoms. The predicted molar refractivity (Wildman–Crippen MR) is 81.5 cm³/mol. The number of aliphatic hydroxyl groups is 1. The fourth-order valence-electron chi connectivity index (χ4n) is 3.30. The van der Waals surface area contributed by atoms with Crippen LogP contribution in [0.15, 0.2) is 27.9 Å². The van der Waals surface area contributed by atoms with E-state index < -0.39 is 5.56 Å². The predicted octanol–water partition coefficient (Wildman–Crippen LogP) is 1.11. The van der Waals surface area contributed by atoms with Crippen LogP contribution in [0.3, 0.4) is 0 Å². The summed E-state index contributed by atoms with van der Waals surface area (Å²) in [6.07, 6.45) is 5.58. The van der Waals surface area contributed by atoms with Gasteiger partial charge < -0.3 is 14.7 Å². The second-order valence-electron chi connectivity index (χ2n) is 6.07. The van der Waals surface area contributed by atoms with Crippen molar-refractivity contribution in [3.8, 4) is 6.07 Å². The highest BCUT2D eigenvalue weighted by Gasteiger charge is 2.33. The standard InChI is InChI=1S/C16H17N3O3/c17-8-11-7-12-13(18-14(11)21)3-6-19(15(12)22)9-16(10-20)4-1-2-5-16/h3,6-7,20H,1-2,4-5,9-10H2,(H,18,21). The van der Waals surface area contributed by atoms with E-state index in [1.165, 1.54) is 6.07 Å². The molecule has 0 saturated heterocycles. The first kappa shape index (κ1) is 14.5. The lowest BCUT2D eigenvalue weighted by atomic mass is 9.87. The molecule has 1 saturated carbocycles. The molecule has 0 unspecified atom stereocenters. The van der Waals surface area contributed by atoms with Gasteiger partial charge in [-0.15, -0.1) is 0 Å². The van der Waals surface area contributed by atoms with E-state index in [0.717, 1.165) is 25.7 Å². The highest BCUT2D eigenvalue weighted by Crippen LogP contribution is 2.38. The number of hydrogen-bond donors (Lipinski definition) is 2. The van der Waals surface area contributed by atoms with Gasteiger partial charge in [0, 0.05) is 18.2 Å². The highest BCUT2D eigenvalue weighted by molar-refractivity contribution is 5.78. The van der Waals surface area contributed by atoms with Crippen LogP contribution in [0, 0.1) is 16.7 Å². The smallest absolute Gasteiger partial charge is 0.266 e. The number of nitriles is 1. The van der Waals surface area contributed by atoms with Gasteiger partial charge in [0.2, 0.25) is 0 Å². The summed E-state index contributed by atoms with van der Waals surface area (Å²) in [5.74, 6) is 0. The molecule has 114 valence electrons. The SMILES string of the molecule is N#Cc1cc2c(=O)n(CC3(CO)CCCC3)ccc2[nH]c1=O. The van der Waals surface area contributed by atoms with Gasteiger partial charge in [0.1, 0.15) is 11.6 Å². The van der Waals surface area contributed by atoms with E-state index in [0.29, 0.717) is 17.4 Å². The normalized spacial score (nSPS) is 16.7. The van der Waals surface area contributed by atoms with Crippen LogP contribution in [0.2, 0.25) is 0 Å². The molecule has 1 fully saturated rings. The van der Waals surface area contributed by atoms with Crippen LogP contribution in [0.4, 0.5) is 0 Å². The Kier molecular flexibility index (Phi) is 3.59. The van der Waals surface area contributed by atoms with Gasteiger partial charge in [-0.1, -0.05) is 12.8 Å². The number of aromatic amines is 1. The first-order valence-electron chi connectivity index (χ1n) is 7.36. The minimum absolute atomic E-state index is 0.0620. The average Bonchev–Trinajstić information content (AvgIpc) is 2.99. The number of aromatic nitrogens is 2. The first-order valence-corrected chi connectivity index (χ1v) is 7.36. The summed E-state index contributed by atoms with van der Waals surface area (Å²) < 4.78 is 1.57. The second kappa shape index (κ2) is 5.43. The van der Waals surface area contributed by atoms with Crippen molar-refractivity contribution in [2.45, 2.75) is 32.2 Å². The van der Waals surface area contributed by atoms with Gasteiger partial charge in [-0.05, 0) is 25.0 Å². The van der Waals surface area contributed by atoms with Crippen molar-refractivity contribution in [1.29, 1.82) is 5.26 Å². The molecule has 0 atom stereocenters. The Balaban J connectivity index is 2.10. The fourth-order valence-corrected chi connectivity index (χ4v) is 3.30. The molecular weight excluding hydrogens is 282 g/mol. The lowest BCUT2D eigenvalue weighted by Gasteiger charge is -2.27. The number of hydrogen-bond acceptors (Lipinski definition) is 4. The highest BCUT2D eigenvalue weighted by atomic mass is 16.3. The average molecular weight is 299 g/mol. The zero-order valence-corrected chi connectivity index (χ0v) is 12.1. The Morgan fingerprint density at radius 1 is 1.36 bits per heavy atom. The van der Waals surface area contributed by atoms with Crippen molar-refractivity contribution in [3.63, 3.8) is 0 Å². The van der Waals surface area contributed by atoms with Crippen molar-refractivity contribution in [2.75, 3.05) is 6.61 Å². The lowest BCUT2D eigenvalue weighted by Crippen LogP contribution is -2.33. The van der Waals surface area contributed by atoms with Gasteiger partial charge in [-0.3, -0.25) is 9.59 Å². The Morgan fingerprint density at radius 2 is 2.09 bits per heavy atom. The molecule has 3 rings (SSSR count). The van der Waals surface area contributed by atoms with Gasteiger partial charge in [0.05, 0.1) is 17.5 Å². The topological polar surface area (TPSA) is 98.9 Å². The van der Waals surface area contributed by atoms with Crippen LogP contribution >= 0.6 is 0 Å². The van der Waals surface area contributed by atoms with Crippen molar-refractivity contribution < 1.29 is 5.11 Å². The maximum absolute atomic E-state index is 12.6. The van der Waals surface area contributed by atoms with Crippen molar-refractivity contribution >= 4 is 10.9 Å². The van der Waals surface area contributed by atoms with Crippen LogP contribution in [0.25, 0.3) is 10.9 Å². The summed E-state index contributed by atoms with van der Waals surface area (Å²) in [4.78, 5) is 26.8. The van der Waals surface area contributed by atoms with Gasteiger partial charge in [0.25, 0.3) is 11.1 Å². The quantitative estimate of drug-likeness (QED) is 0.887. The van der Waals surface area contributed by atoms with E-state index in [4.69, 9.17) is 5.26 Å². The summed E-state index contributed by atoms with van der Waals surface area (Å²) in [7, 11) is 0. The molecule has 2 aromatic heterocycles. The van der Waals surface area contributed by atoms with E-state index >= 15 is 0 Å². The van der Waals surface area contributed by atoms with E-state index in [1.54, 1.807) is 22.9 Å². The molecule has 1 aliphatic carbocycles. The number of aliphatic hydroxyl groups excluding tert-OH is 1. The summed E-state index contributed by atoms with van der Waals surface area (Å²) in [5.41, 5.74) is -0.618. The second-order valence-corrected chi connectivity index (χ2v) is 6.07. The fraction of sp³-hybridized carbons (Fsp3) is 0.438. The third kappa shape index (κ3) is 2.34. The number of H-pyrrole nitrogens is 1. The minimum atomic E-state index is -0.491. The maximum atomic E-state index is 12.6. The first-order chi connectivity index (χ1) is 10.6. The number of fused-ring (bicyclic) bond motifs is 1. The summed E-state index contributed by atoms with van der Waals surface area (Å²) in [5, 5.41) is 19.0. The number of rotatable bonds is 3. The van der Waals surface area contributed by atoms with Crippen LogP contribution in [-0.4, -0.2) is 21.3 Å². The van der Waals surface area contributed by atoms with Gasteiger partial charge in [-0.25, -0.2) is 0 Å². The molecule has 0 aromatic carbocycles. The van der Waals surface area contributed by atoms with Crippen molar-refractivity contribution in [1.82, 2.24) is 9.55 Å². The molecule has 1 aliphatic rings. The molecular formula is C16H17N3O3. The summed E-state index contributed by atoms with van der Waals surface area (Å²) >= 11 is 0. The number of pyridine rings is 2. The van der Waals surface area contributed by atoms with Crippen LogP contribution in [-0.2, 0) is 6.54 Å². The zero-order chi connectivity index (χ0) is 15.7. The summed E-state index contributed by atoms with van der Waals surface area (Å²) in [6, 6.07) is 4.80. The molecule has 0 bridgehead atoms. The van der Waals surface area contributed by atoms with Crippen LogP contribution < -0.4 is 11.1 Å². The monoisotopic (exact) mass is 299 g/mol. The Hall–Kier alpha value is -2.39. The lowest BCUT2D eigenvalue weighted by molar-refractivity contribution is 0.110. The molecule has 6 heteroatoms. The molecule has 22 heavy (non-hydrogen) atoms. The van der Waals surface area contributed by atoms with E-state index in [1.807, 2.05) is 0 Å². The van der Waals surface area contributed by atoms with Gasteiger partial charge in [0.15, 0.2) is 0 Å². The molecule has 2 aromatic rings.